The Labute approximate surface area is 89.6 Å². The molecule has 1 aliphatic rings. The van der Waals surface area contributed by atoms with Crippen molar-refractivity contribution in [3.8, 4) is 0 Å². The van der Waals surface area contributed by atoms with Crippen LogP contribution in [0.1, 0.15) is 12.8 Å². The van der Waals surface area contributed by atoms with Gasteiger partial charge >= 0.3 is 89.6 Å². The molecule has 1 aromatic rings. The second-order valence-electron chi connectivity index (χ2n) is 3.26. The Morgan fingerprint density at radius 3 is 2.85 bits per heavy atom. The van der Waals surface area contributed by atoms with Crippen molar-refractivity contribution in [2.24, 2.45) is 0 Å². The summed E-state index contributed by atoms with van der Waals surface area (Å²) in [7, 11) is 0. The van der Waals surface area contributed by atoms with E-state index in [0.29, 0.717) is 6.10 Å². The number of rotatable bonds is 3. The third kappa shape index (κ3) is 2.98. The van der Waals surface area contributed by atoms with Gasteiger partial charge in [0.2, 0.25) is 0 Å². The second-order valence-corrected chi connectivity index (χ2v) is 6.38. The van der Waals surface area contributed by atoms with Crippen LogP contribution in [0.3, 0.4) is 0 Å². The normalized spacial score (nSPS) is 22.0. The van der Waals surface area contributed by atoms with E-state index in [2.05, 4.69) is 30.3 Å². The van der Waals surface area contributed by atoms with Gasteiger partial charge in [-0.1, -0.05) is 0 Å². The molecule has 2 heteroatoms. The van der Waals surface area contributed by atoms with E-state index in [1.165, 1.54) is 17.3 Å². The van der Waals surface area contributed by atoms with Gasteiger partial charge in [-0.2, -0.15) is 0 Å². The predicted octanol–water partition coefficient (Wildman–Crippen LogP) is 1.61. The first-order valence-corrected chi connectivity index (χ1v) is 7.56. The van der Waals surface area contributed by atoms with Crippen LogP contribution in [0, 0.1) is 0 Å². The molecule has 2 rings (SSSR count). The third-order valence-corrected chi connectivity index (χ3v) is 5.47. The number of ether oxygens (including phenoxy) is 1. The SMILES string of the molecule is c1ccc([Te]CC2CCCO2)cc1. The summed E-state index contributed by atoms with van der Waals surface area (Å²) in [6, 6.07) is 10.8. The van der Waals surface area contributed by atoms with Crippen LogP contribution in [-0.2, 0) is 4.74 Å². The molecule has 0 amide bonds. The van der Waals surface area contributed by atoms with E-state index in [-0.39, 0.29) is 20.9 Å². The van der Waals surface area contributed by atoms with Crippen molar-refractivity contribution in [1.82, 2.24) is 0 Å². The van der Waals surface area contributed by atoms with E-state index in [1.807, 2.05) is 0 Å². The molecule has 13 heavy (non-hydrogen) atoms. The molecule has 1 heterocycles. The maximum atomic E-state index is 5.61. The Hall–Kier alpha value is -0.0304. The van der Waals surface area contributed by atoms with Gasteiger partial charge in [-0.25, -0.2) is 0 Å². The molecule has 1 aliphatic heterocycles. The minimum atomic E-state index is 0.0125. The summed E-state index contributed by atoms with van der Waals surface area (Å²) in [6.45, 7) is 0.992. The van der Waals surface area contributed by atoms with Crippen molar-refractivity contribution in [1.29, 1.82) is 0 Å². The van der Waals surface area contributed by atoms with Gasteiger partial charge in [-0.15, -0.1) is 0 Å². The molecule has 1 nitrogen and oxygen atoms in total. The summed E-state index contributed by atoms with van der Waals surface area (Å²) in [5.74, 6) is 0. The van der Waals surface area contributed by atoms with Gasteiger partial charge in [0.25, 0.3) is 0 Å². The quantitative estimate of drug-likeness (QED) is 0.769. The van der Waals surface area contributed by atoms with Crippen molar-refractivity contribution < 1.29 is 4.74 Å². The number of benzene rings is 1. The summed E-state index contributed by atoms with van der Waals surface area (Å²) >= 11 is 0.0125. The Morgan fingerprint density at radius 2 is 2.15 bits per heavy atom. The maximum absolute atomic E-state index is 5.61. The molecule has 0 aromatic heterocycles. The molecule has 1 fully saturated rings. The molecule has 0 bridgehead atoms. The molecular formula is C11H14OTe. The van der Waals surface area contributed by atoms with Crippen molar-refractivity contribution in [3.05, 3.63) is 30.3 Å². The number of hydrogen-bond donors (Lipinski definition) is 0. The van der Waals surface area contributed by atoms with Gasteiger partial charge in [-0.3, -0.25) is 0 Å². The zero-order chi connectivity index (χ0) is 8.93. The van der Waals surface area contributed by atoms with Crippen molar-refractivity contribution in [2.45, 2.75) is 23.4 Å². The van der Waals surface area contributed by atoms with Gasteiger partial charge < -0.3 is 0 Å². The first kappa shape index (κ1) is 9.52. The molecular weight excluding hydrogens is 276 g/mol. The molecule has 1 atom stereocenters. The van der Waals surface area contributed by atoms with Crippen LogP contribution in [0.5, 0.6) is 0 Å². The first-order valence-electron chi connectivity index (χ1n) is 4.74. The van der Waals surface area contributed by atoms with Gasteiger partial charge in [0.05, 0.1) is 0 Å². The fourth-order valence-electron chi connectivity index (χ4n) is 1.48. The Bertz CT molecular complexity index is 242. The molecule has 0 aliphatic carbocycles. The second kappa shape index (κ2) is 5.00. The average Bonchev–Trinajstić information content (AvgIpc) is 2.69. The van der Waals surface area contributed by atoms with E-state index < -0.39 is 0 Å². The topological polar surface area (TPSA) is 9.23 Å². The minimum absolute atomic E-state index is 0.0125. The molecule has 1 unspecified atom stereocenters. The van der Waals surface area contributed by atoms with E-state index in [4.69, 9.17) is 4.74 Å². The van der Waals surface area contributed by atoms with Crippen molar-refractivity contribution >= 4 is 24.5 Å². The first-order chi connectivity index (χ1) is 6.45. The standard InChI is InChI=1S/C11H14OTe/c1-2-6-11(7-3-1)13-9-10-5-4-8-12-10/h1-3,6-7,10H,4-5,8-9H2. The zero-order valence-electron chi connectivity index (χ0n) is 7.61. The monoisotopic (exact) mass is 292 g/mol. The van der Waals surface area contributed by atoms with Crippen LogP contribution < -0.4 is 3.61 Å². The van der Waals surface area contributed by atoms with Crippen LogP contribution in [0.2, 0.25) is 4.47 Å². The molecule has 0 spiro atoms. The van der Waals surface area contributed by atoms with Crippen LogP contribution in [0.25, 0.3) is 0 Å². The Balaban J connectivity index is 1.79. The zero-order valence-corrected chi connectivity index (χ0v) is 9.94. The number of hydrogen-bond acceptors (Lipinski definition) is 1. The molecule has 70 valence electrons. The average molecular weight is 290 g/mol. The predicted molar refractivity (Wildman–Crippen MR) is 55.6 cm³/mol. The van der Waals surface area contributed by atoms with Gasteiger partial charge in [0.15, 0.2) is 0 Å². The fourth-order valence-corrected chi connectivity index (χ4v) is 4.31. The van der Waals surface area contributed by atoms with E-state index in [0.717, 1.165) is 6.61 Å². The fraction of sp³-hybridized carbons (Fsp3) is 0.455. The molecule has 1 saturated heterocycles. The van der Waals surface area contributed by atoms with Gasteiger partial charge in [-0.05, 0) is 0 Å². The third-order valence-electron chi connectivity index (χ3n) is 2.20. The molecule has 1 aromatic carbocycles. The van der Waals surface area contributed by atoms with E-state index in [1.54, 1.807) is 3.61 Å². The van der Waals surface area contributed by atoms with Crippen LogP contribution in [0.4, 0.5) is 0 Å². The van der Waals surface area contributed by atoms with E-state index >= 15 is 0 Å². The summed E-state index contributed by atoms with van der Waals surface area (Å²) in [4.78, 5) is 0. The molecule has 0 saturated carbocycles. The van der Waals surface area contributed by atoms with Gasteiger partial charge in [0.1, 0.15) is 0 Å². The Kier molecular flexibility index (Phi) is 3.66. The van der Waals surface area contributed by atoms with Crippen molar-refractivity contribution in [2.75, 3.05) is 6.61 Å². The summed E-state index contributed by atoms with van der Waals surface area (Å²) in [6.07, 6.45) is 3.15. The van der Waals surface area contributed by atoms with Crippen LogP contribution in [-0.4, -0.2) is 33.6 Å². The summed E-state index contributed by atoms with van der Waals surface area (Å²) < 4.78 is 8.48. The Morgan fingerprint density at radius 1 is 1.31 bits per heavy atom. The van der Waals surface area contributed by atoms with Gasteiger partial charge in [0, 0.05) is 0 Å². The molecule has 0 N–H and O–H groups in total. The summed E-state index contributed by atoms with van der Waals surface area (Å²) in [5, 5.41) is 0. The summed E-state index contributed by atoms with van der Waals surface area (Å²) in [5.41, 5.74) is 0. The van der Waals surface area contributed by atoms with Crippen LogP contribution >= 0.6 is 0 Å². The van der Waals surface area contributed by atoms with Crippen LogP contribution in [0.15, 0.2) is 30.3 Å². The van der Waals surface area contributed by atoms with Crippen molar-refractivity contribution in [3.63, 3.8) is 0 Å². The molecule has 0 radical (unpaired) electrons. The van der Waals surface area contributed by atoms with E-state index in [9.17, 15) is 0 Å².